The van der Waals surface area contributed by atoms with E-state index in [4.69, 9.17) is 4.74 Å². The molecule has 3 N–H and O–H groups in total. The van der Waals surface area contributed by atoms with Gasteiger partial charge in [0.05, 0.1) is 36.4 Å². The van der Waals surface area contributed by atoms with Crippen LogP contribution < -0.4 is 10.6 Å². The van der Waals surface area contributed by atoms with Crippen molar-refractivity contribution in [2.45, 2.75) is 56.9 Å². The van der Waals surface area contributed by atoms with Gasteiger partial charge in [-0.25, -0.2) is 4.98 Å². The fraction of sp³-hybridized carbons (Fsp3) is 0.423. The number of rotatable bonds is 7. The Kier molecular flexibility index (Phi) is 5.99. The topological polar surface area (TPSA) is 92.7 Å². The normalized spacial score (nSPS) is 21.3. The van der Waals surface area contributed by atoms with Crippen molar-refractivity contribution in [2.24, 2.45) is 0 Å². The predicted octanol–water partition coefficient (Wildman–Crippen LogP) is 4.30. The van der Waals surface area contributed by atoms with E-state index >= 15 is 0 Å². The molecule has 8 nitrogen and oxygen atoms in total. The van der Waals surface area contributed by atoms with Crippen LogP contribution >= 0.6 is 0 Å². The number of H-pyrrole nitrogens is 1. The maximum Gasteiger partial charge on any atom is 0.157 e. The summed E-state index contributed by atoms with van der Waals surface area (Å²) in [5, 5.41) is 20.3. The molecule has 0 spiro atoms. The number of anilines is 1. The number of hydrogen-bond acceptors (Lipinski definition) is 6. The zero-order chi connectivity index (χ0) is 22.7. The van der Waals surface area contributed by atoms with Crippen LogP contribution in [0.1, 0.15) is 43.7 Å². The van der Waals surface area contributed by atoms with E-state index in [1.54, 1.807) is 0 Å². The average molecular weight is 458 g/mol. The van der Waals surface area contributed by atoms with Crippen LogP contribution in [0.15, 0.2) is 55.0 Å². The number of ether oxygens (including phenoxy) is 1. The maximum absolute atomic E-state index is 6.28. The second-order valence-electron chi connectivity index (χ2n) is 9.40. The maximum atomic E-state index is 6.28. The molecular formula is C26H31N7O. The summed E-state index contributed by atoms with van der Waals surface area (Å²) in [6.45, 7) is 2.74. The number of nitrogens with zero attached hydrogens (tertiary/aromatic N) is 4. The molecule has 2 fully saturated rings. The second kappa shape index (κ2) is 9.56. The highest BCUT2D eigenvalue weighted by Crippen LogP contribution is 2.31. The summed E-state index contributed by atoms with van der Waals surface area (Å²) in [6.07, 6.45) is 11.7. The summed E-state index contributed by atoms with van der Waals surface area (Å²) in [7, 11) is 0. The highest BCUT2D eigenvalue weighted by atomic mass is 16.5. The Morgan fingerprint density at radius 1 is 1.03 bits per heavy atom. The van der Waals surface area contributed by atoms with Gasteiger partial charge in [-0.2, -0.15) is 10.2 Å². The smallest absolute Gasteiger partial charge is 0.157 e. The van der Waals surface area contributed by atoms with Gasteiger partial charge in [-0.1, -0.05) is 30.3 Å². The van der Waals surface area contributed by atoms with E-state index in [0.29, 0.717) is 12.6 Å². The second-order valence-corrected chi connectivity index (χ2v) is 9.40. The van der Waals surface area contributed by atoms with Crippen molar-refractivity contribution in [1.82, 2.24) is 30.3 Å². The number of aromatic nitrogens is 5. The van der Waals surface area contributed by atoms with E-state index in [1.165, 1.54) is 5.56 Å². The van der Waals surface area contributed by atoms with Crippen molar-refractivity contribution in [3.63, 3.8) is 0 Å². The van der Waals surface area contributed by atoms with E-state index < -0.39 is 0 Å². The van der Waals surface area contributed by atoms with Crippen LogP contribution in [0.25, 0.3) is 22.2 Å². The molecule has 0 amide bonds. The third-order valence-corrected chi connectivity index (χ3v) is 7.12. The van der Waals surface area contributed by atoms with Gasteiger partial charge in [0.2, 0.25) is 0 Å². The molecular weight excluding hydrogens is 426 g/mol. The Hall–Kier alpha value is -3.23. The van der Waals surface area contributed by atoms with Gasteiger partial charge in [-0.05, 0) is 56.8 Å². The molecule has 4 heterocycles. The Morgan fingerprint density at radius 3 is 2.79 bits per heavy atom. The molecule has 3 aromatic heterocycles. The Bertz CT molecular complexity index is 1230. The van der Waals surface area contributed by atoms with Gasteiger partial charge in [0, 0.05) is 23.5 Å². The Morgan fingerprint density at radius 2 is 1.91 bits per heavy atom. The number of aromatic amines is 1. The van der Waals surface area contributed by atoms with Crippen molar-refractivity contribution in [3.05, 3.63) is 60.6 Å². The first-order valence-electron chi connectivity index (χ1n) is 12.3. The molecule has 1 aromatic carbocycles. The highest BCUT2D eigenvalue weighted by Gasteiger charge is 2.29. The van der Waals surface area contributed by atoms with Crippen LogP contribution in [-0.4, -0.2) is 50.2 Å². The summed E-state index contributed by atoms with van der Waals surface area (Å²) in [5.74, 6) is 0.843. The molecule has 1 saturated heterocycles. The van der Waals surface area contributed by atoms with Crippen LogP contribution in [0.4, 0.5) is 5.82 Å². The van der Waals surface area contributed by atoms with Gasteiger partial charge in [-0.3, -0.25) is 9.78 Å². The first-order valence-corrected chi connectivity index (χ1v) is 12.3. The van der Waals surface area contributed by atoms with Gasteiger partial charge in [0.1, 0.15) is 0 Å². The number of benzene rings is 1. The molecule has 0 radical (unpaired) electrons. The first kappa shape index (κ1) is 21.3. The van der Waals surface area contributed by atoms with Crippen molar-refractivity contribution >= 4 is 16.9 Å². The Labute approximate surface area is 199 Å². The fourth-order valence-corrected chi connectivity index (χ4v) is 5.17. The number of fused-ring (bicyclic) bond motifs is 1. The summed E-state index contributed by atoms with van der Waals surface area (Å²) >= 11 is 0. The summed E-state index contributed by atoms with van der Waals surface area (Å²) < 4.78 is 8.40. The lowest BCUT2D eigenvalue weighted by molar-refractivity contribution is 0.0394. The lowest BCUT2D eigenvalue weighted by atomic mass is 10.1. The van der Waals surface area contributed by atoms with E-state index in [1.807, 2.05) is 18.5 Å². The van der Waals surface area contributed by atoms with Crippen molar-refractivity contribution in [3.8, 4) is 11.1 Å². The number of piperidine rings is 1. The summed E-state index contributed by atoms with van der Waals surface area (Å²) in [6, 6.07) is 13.2. The third-order valence-electron chi connectivity index (χ3n) is 7.12. The van der Waals surface area contributed by atoms with E-state index in [0.717, 1.165) is 73.2 Å². The highest BCUT2D eigenvalue weighted by molar-refractivity contribution is 5.90. The van der Waals surface area contributed by atoms with Gasteiger partial charge in [0.25, 0.3) is 0 Å². The number of pyridine rings is 1. The third kappa shape index (κ3) is 4.43. The van der Waals surface area contributed by atoms with Gasteiger partial charge in [0.15, 0.2) is 11.5 Å². The molecule has 1 saturated carbocycles. The molecule has 34 heavy (non-hydrogen) atoms. The van der Waals surface area contributed by atoms with E-state index in [-0.39, 0.29) is 12.1 Å². The van der Waals surface area contributed by atoms with Crippen molar-refractivity contribution in [2.75, 3.05) is 18.4 Å². The minimum Gasteiger partial charge on any atom is -0.371 e. The van der Waals surface area contributed by atoms with E-state index in [2.05, 4.69) is 72.1 Å². The predicted molar refractivity (Wildman–Crippen MR) is 133 cm³/mol. The lowest BCUT2D eigenvalue weighted by Crippen LogP contribution is -2.30. The standard InChI is InChI=1S/C26H31N7O/c1-2-5-18(6-3-1)17-34-24-8-4-7-23(24)30-26-22-13-19(14-28-25(22)31-32-26)20-15-29-33(16-20)21-9-11-27-12-10-21/h1-3,5-6,13-16,21,23-24,27H,4,7-12,17H2,(H2,28,30,31,32)/t23-,24-/m0/s1. The molecule has 4 aromatic rings. The van der Waals surface area contributed by atoms with Crippen LogP contribution in [0.5, 0.6) is 0 Å². The van der Waals surface area contributed by atoms with Gasteiger partial charge in [-0.15, -0.1) is 0 Å². The quantitative estimate of drug-likeness (QED) is 0.383. The summed E-state index contributed by atoms with van der Waals surface area (Å²) in [4.78, 5) is 4.63. The average Bonchev–Trinajstić information content (AvgIpc) is 3.65. The fourth-order valence-electron chi connectivity index (χ4n) is 5.17. The molecule has 0 bridgehead atoms. The van der Waals surface area contributed by atoms with Gasteiger partial charge >= 0.3 is 0 Å². The molecule has 1 aliphatic carbocycles. The molecule has 1 aliphatic heterocycles. The monoisotopic (exact) mass is 457 g/mol. The number of nitrogens with one attached hydrogen (secondary N) is 3. The molecule has 2 aliphatic rings. The lowest BCUT2D eigenvalue weighted by Gasteiger charge is -2.22. The summed E-state index contributed by atoms with van der Waals surface area (Å²) in [5.41, 5.74) is 4.14. The van der Waals surface area contributed by atoms with Crippen LogP contribution in [-0.2, 0) is 11.3 Å². The zero-order valence-electron chi connectivity index (χ0n) is 19.3. The largest absolute Gasteiger partial charge is 0.371 e. The number of hydrogen-bond donors (Lipinski definition) is 3. The minimum absolute atomic E-state index is 0.173. The van der Waals surface area contributed by atoms with E-state index in [9.17, 15) is 0 Å². The molecule has 8 heteroatoms. The molecule has 176 valence electrons. The van der Waals surface area contributed by atoms with Crippen LogP contribution in [0, 0.1) is 0 Å². The van der Waals surface area contributed by atoms with Crippen molar-refractivity contribution < 1.29 is 4.74 Å². The van der Waals surface area contributed by atoms with Crippen molar-refractivity contribution in [1.29, 1.82) is 0 Å². The first-order chi connectivity index (χ1) is 16.8. The minimum atomic E-state index is 0.173. The van der Waals surface area contributed by atoms with Crippen LogP contribution in [0.2, 0.25) is 0 Å². The van der Waals surface area contributed by atoms with Crippen LogP contribution in [0.3, 0.4) is 0 Å². The van der Waals surface area contributed by atoms with Gasteiger partial charge < -0.3 is 15.4 Å². The zero-order valence-corrected chi connectivity index (χ0v) is 19.3. The Balaban J connectivity index is 1.18. The SMILES string of the molecule is c1ccc(CO[C@H]2CCC[C@@H]2Nc2n[nH]c3ncc(-c4cnn(C5CCNCC5)c4)cc23)cc1. The molecule has 2 atom stereocenters. The molecule has 6 rings (SSSR count). The molecule has 0 unspecified atom stereocenters.